The third kappa shape index (κ3) is 4.67. The van der Waals surface area contributed by atoms with Crippen LogP contribution in [0.25, 0.3) is 0 Å². The number of sulfonamides is 1. The van der Waals surface area contributed by atoms with Gasteiger partial charge in [0, 0.05) is 24.9 Å². The largest absolute Gasteiger partial charge is 0.490 e. The Morgan fingerprint density at radius 1 is 1.06 bits per heavy atom. The van der Waals surface area contributed by atoms with Gasteiger partial charge in [-0.2, -0.15) is 9.40 Å². The van der Waals surface area contributed by atoms with Crippen molar-refractivity contribution >= 4 is 10.0 Å². The number of H-pyrrole nitrogens is 1. The standard InChI is InChI=1S/C24H35N3O3S/c1-4-5-6-7-8-19-9-13-22(14-10-19)30-23-15-20-11-12-21(16-23)27(20)31(28,29)24-17(2)25-26-18(24)3/h9-10,13-14,20-21,23H,4-8,11-12,15-16H2,1-3H3,(H,25,26)/t20-,21+,23-. The van der Waals surface area contributed by atoms with E-state index in [0.717, 1.165) is 37.9 Å². The highest BCUT2D eigenvalue weighted by Crippen LogP contribution is 2.41. The van der Waals surface area contributed by atoms with Crippen LogP contribution in [0.15, 0.2) is 29.2 Å². The molecule has 2 aliphatic rings. The highest BCUT2D eigenvalue weighted by atomic mass is 32.2. The van der Waals surface area contributed by atoms with Crippen LogP contribution in [0.1, 0.15) is 75.2 Å². The molecule has 4 rings (SSSR count). The van der Waals surface area contributed by atoms with Crippen molar-refractivity contribution in [2.24, 2.45) is 0 Å². The number of nitrogens with zero attached hydrogens (tertiary/aromatic N) is 2. The Morgan fingerprint density at radius 3 is 2.32 bits per heavy atom. The number of aryl methyl sites for hydroxylation is 3. The molecule has 2 fully saturated rings. The predicted octanol–water partition coefficient (Wildman–Crippen LogP) is 4.91. The summed E-state index contributed by atoms with van der Waals surface area (Å²) >= 11 is 0. The van der Waals surface area contributed by atoms with Crippen molar-refractivity contribution in [3.05, 3.63) is 41.2 Å². The van der Waals surface area contributed by atoms with E-state index in [9.17, 15) is 8.42 Å². The van der Waals surface area contributed by atoms with Gasteiger partial charge in [-0.1, -0.05) is 38.3 Å². The Hall–Kier alpha value is -1.86. The first-order valence-electron chi connectivity index (χ1n) is 11.7. The number of piperidine rings is 1. The van der Waals surface area contributed by atoms with Crippen molar-refractivity contribution in [3.63, 3.8) is 0 Å². The van der Waals surface area contributed by atoms with E-state index < -0.39 is 10.0 Å². The molecule has 2 aromatic rings. The lowest BCUT2D eigenvalue weighted by atomic mass is 10.0. The number of hydrogen-bond donors (Lipinski definition) is 1. The fraction of sp³-hybridized carbons (Fsp3) is 0.625. The van der Waals surface area contributed by atoms with Gasteiger partial charge >= 0.3 is 0 Å². The van der Waals surface area contributed by atoms with Crippen molar-refractivity contribution in [1.82, 2.24) is 14.5 Å². The van der Waals surface area contributed by atoms with E-state index in [1.54, 1.807) is 18.2 Å². The van der Waals surface area contributed by atoms with Gasteiger partial charge in [-0.3, -0.25) is 5.10 Å². The molecule has 0 saturated carbocycles. The molecule has 0 spiro atoms. The van der Waals surface area contributed by atoms with Gasteiger partial charge < -0.3 is 4.74 Å². The first-order valence-corrected chi connectivity index (χ1v) is 13.1. The van der Waals surface area contributed by atoms with Crippen molar-refractivity contribution < 1.29 is 13.2 Å². The number of aromatic amines is 1. The lowest BCUT2D eigenvalue weighted by molar-refractivity contribution is 0.0956. The van der Waals surface area contributed by atoms with Gasteiger partial charge in [0.25, 0.3) is 0 Å². The maximum atomic E-state index is 13.4. The highest BCUT2D eigenvalue weighted by molar-refractivity contribution is 7.89. The zero-order chi connectivity index (χ0) is 22.0. The number of fused-ring (bicyclic) bond motifs is 2. The zero-order valence-electron chi connectivity index (χ0n) is 18.9. The number of benzene rings is 1. The molecular weight excluding hydrogens is 410 g/mol. The molecule has 31 heavy (non-hydrogen) atoms. The van der Waals surface area contributed by atoms with E-state index in [1.807, 2.05) is 0 Å². The monoisotopic (exact) mass is 445 g/mol. The second kappa shape index (κ2) is 9.33. The Kier molecular flexibility index (Phi) is 6.72. The molecule has 6 nitrogen and oxygen atoms in total. The van der Waals surface area contributed by atoms with Crippen molar-refractivity contribution in [2.45, 2.75) is 102 Å². The number of ether oxygens (including phenoxy) is 1. The van der Waals surface area contributed by atoms with E-state index in [4.69, 9.17) is 4.74 Å². The molecule has 2 bridgehead atoms. The number of nitrogens with one attached hydrogen (secondary N) is 1. The van der Waals surface area contributed by atoms with E-state index in [2.05, 4.69) is 41.4 Å². The van der Waals surface area contributed by atoms with Gasteiger partial charge in [0.1, 0.15) is 16.7 Å². The summed E-state index contributed by atoms with van der Waals surface area (Å²) in [6, 6.07) is 8.47. The summed E-state index contributed by atoms with van der Waals surface area (Å²) < 4.78 is 34.9. The van der Waals surface area contributed by atoms with E-state index in [1.165, 1.54) is 31.2 Å². The molecule has 7 heteroatoms. The summed E-state index contributed by atoms with van der Waals surface area (Å²) in [5.74, 6) is 0.888. The van der Waals surface area contributed by atoms with Crippen LogP contribution in [0.5, 0.6) is 5.75 Å². The smallest absolute Gasteiger partial charge is 0.247 e. The molecule has 3 atom stereocenters. The van der Waals surface area contributed by atoms with Crippen LogP contribution in [0.4, 0.5) is 0 Å². The lowest BCUT2D eigenvalue weighted by Crippen LogP contribution is -2.49. The molecule has 0 aliphatic carbocycles. The minimum atomic E-state index is -3.55. The van der Waals surface area contributed by atoms with Crippen LogP contribution in [0.3, 0.4) is 0 Å². The minimum absolute atomic E-state index is 0.000267. The molecule has 2 saturated heterocycles. The van der Waals surface area contributed by atoms with Crippen LogP contribution in [0, 0.1) is 13.8 Å². The number of unbranched alkanes of at least 4 members (excludes halogenated alkanes) is 3. The summed E-state index contributed by atoms with van der Waals surface area (Å²) in [7, 11) is -3.55. The van der Waals surface area contributed by atoms with Crippen LogP contribution in [-0.4, -0.2) is 41.1 Å². The van der Waals surface area contributed by atoms with Crippen LogP contribution < -0.4 is 4.74 Å². The predicted molar refractivity (Wildman–Crippen MR) is 122 cm³/mol. The molecule has 170 valence electrons. The maximum absolute atomic E-state index is 13.4. The summed E-state index contributed by atoms with van der Waals surface area (Å²) in [5, 5.41) is 6.91. The third-order valence-corrected chi connectivity index (χ3v) is 9.03. The topological polar surface area (TPSA) is 75.3 Å². The average Bonchev–Trinajstić information content (AvgIpc) is 3.23. The average molecular weight is 446 g/mol. The first-order chi connectivity index (χ1) is 14.9. The molecule has 1 aromatic carbocycles. The molecule has 2 aliphatic heterocycles. The Labute approximate surface area is 186 Å². The SMILES string of the molecule is CCCCCCc1ccc(O[C@@H]2C[C@H]3CC[C@@H](C2)N3S(=O)(=O)c2c(C)n[nH]c2C)cc1. The molecule has 0 radical (unpaired) electrons. The van der Waals surface area contributed by atoms with E-state index in [-0.39, 0.29) is 18.2 Å². The van der Waals surface area contributed by atoms with E-state index >= 15 is 0 Å². The van der Waals surface area contributed by atoms with Crippen LogP contribution in [-0.2, 0) is 16.4 Å². The Balaban J connectivity index is 1.38. The lowest BCUT2D eigenvalue weighted by Gasteiger charge is -2.37. The van der Waals surface area contributed by atoms with Crippen LogP contribution in [0.2, 0.25) is 0 Å². The van der Waals surface area contributed by atoms with Gasteiger partial charge in [0.2, 0.25) is 10.0 Å². The van der Waals surface area contributed by atoms with Gasteiger partial charge in [-0.25, -0.2) is 8.42 Å². The normalized spacial score (nSPS) is 23.9. The van der Waals surface area contributed by atoms with Gasteiger partial charge in [-0.15, -0.1) is 0 Å². The Bertz CT molecular complexity index is 950. The second-order valence-electron chi connectivity index (χ2n) is 9.15. The molecule has 3 heterocycles. The zero-order valence-corrected chi connectivity index (χ0v) is 19.7. The molecule has 1 aromatic heterocycles. The first kappa shape index (κ1) is 22.3. The number of hydrogen-bond acceptors (Lipinski definition) is 4. The number of aromatic nitrogens is 2. The van der Waals surface area contributed by atoms with Gasteiger partial charge in [-0.05, 0) is 57.2 Å². The maximum Gasteiger partial charge on any atom is 0.247 e. The highest BCUT2D eigenvalue weighted by Gasteiger charge is 2.48. The van der Waals surface area contributed by atoms with Gasteiger partial charge in [0.15, 0.2) is 0 Å². The second-order valence-corrected chi connectivity index (χ2v) is 10.9. The molecular formula is C24H35N3O3S. The van der Waals surface area contributed by atoms with Crippen molar-refractivity contribution in [3.8, 4) is 5.75 Å². The quantitative estimate of drug-likeness (QED) is 0.556. The summed E-state index contributed by atoms with van der Waals surface area (Å²) in [6.07, 6.45) is 9.55. The molecule has 0 unspecified atom stereocenters. The third-order valence-electron chi connectivity index (χ3n) is 6.76. The van der Waals surface area contributed by atoms with Crippen LogP contribution >= 0.6 is 0 Å². The number of rotatable bonds is 9. The fourth-order valence-corrected chi connectivity index (χ4v) is 7.51. The van der Waals surface area contributed by atoms with Crippen molar-refractivity contribution in [1.29, 1.82) is 0 Å². The summed E-state index contributed by atoms with van der Waals surface area (Å²) in [5.41, 5.74) is 2.52. The van der Waals surface area contributed by atoms with Gasteiger partial charge in [0.05, 0.1) is 11.4 Å². The minimum Gasteiger partial charge on any atom is -0.490 e. The Morgan fingerprint density at radius 2 is 1.74 bits per heavy atom. The summed E-state index contributed by atoms with van der Waals surface area (Å²) in [4.78, 5) is 0.346. The molecule has 0 amide bonds. The fourth-order valence-electron chi connectivity index (χ4n) is 5.28. The molecule has 1 N–H and O–H groups in total. The summed E-state index contributed by atoms with van der Waals surface area (Å²) in [6.45, 7) is 5.76. The van der Waals surface area contributed by atoms with E-state index in [0.29, 0.717) is 16.3 Å². The van der Waals surface area contributed by atoms with Crippen molar-refractivity contribution in [2.75, 3.05) is 0 Å².